The summed E-state index contributed by atoms with van der Waals surface area (Å²) in [4.78, 5) is 9.47. The van der Waals surface area contributed by atoms with E-state index in [2.05, 4.69) is 72.4 Å². The van der Waals surface area contributed by atoms with Gasteiger partial charge in [-0.25, -0.2) is 4.99 Å². The van der Waals surface area contributed by atoms with Crippen LogP contribution in [0.3, 0.4) is 0 Å². The molecule has 29 heavy (non-hydrogen) atoms. The summed E-state index contributed by atoms with van der Waals surface area (Å²) >= 11 is 0. The van der Waals surface area contributed by atoms with Crippen molar-refractivity contribution in [2.45, 2.75) is 18.1 Å². The molecule has 1 aliphatic rings. The van der Waals surface area contributed by atoms with E-state index in [1.54, 1.807) is 0 Å². The number of benzene rings is 3. The predicted octanol–water partition coefficient (Wildman–Crippen LogP) is 4.44. The van der Waals surface area contributed by atoms with Gasteiger partial charge in [0.05, 0.1) is 18.7 Å². The first kappa shape index (κ1) is 19.2. The molecule has 1 aliphatic heterocycles. The third kappa shape index (κ3) is 3.76. The van der Waals surface area contributed by atoms with Gasteiger partial charge in [0, 0.05) is 14.1 Å². The quantitative estimate of drug-likeness (QED) is 0.706. The van der Waals surface area contributed by atoms with Crippen LogP contribution in [0.15, 0.2) is 96.0 Å². The Bertz CT molecular complexity index is 890. The monoisotopic (exact) mass is 385 g/mol. The molecule has 1 saturated heterocycles. The minimum absolute atomic E-state index is 0.0266. The lowest BCUT2D eigenvalue weighted by atomic mass is 9.93. The molecule has 0 amide bonds. The van der Waals surface area contributed by atoms with Crippen molar-refractivity contribution in [2.24, 2.45) is 4.99 Å². The van der Waals surface area contributed by atoms with Crippen LogP contribution in [-0.4, -0.2) is 41.6 Å². The first-order valence-corrected chi connectivity index (χ1v) is 10.00. The van der Waals surface area contributed by atoms with E-state index in [1.807, 2.05) is 42.5 Å². The highest BCUT2D eigenvalue weighted by Gasteiger charge is 2.42. The molecule has 0 unspecified atom stereocenters. The number of nitrogens with zero attached hydrogens (tertiary/aromatic N) is 3. The molecule has 0 spiro atoms. The Morgan fingerprint density at radius 2 is 1.14 bits per heavy atom. The normalized spacial score (nSPS) is 20.0. The second-order valence-electron chi connectivity index (χ2n) is 7.47. The Balaban J connectivity index is 1.78. The molecular weight excluding hydrogens is 358 g/mol. The zero-order valence-electron chi connectivity index (χ0n) is 16.9. The summed E-state index contributed by atoms with van der Waals surface area (Å²) in [5.74, 6) is 0.885. The summed E-state index contributed by atoms with van der Waals surface area (Å²) in [6.45, 7) is -0.0266. The van der Waals surface area contributed by atoms with E-state index in [4.69, 9.17) is 4.99 Å². The molecule has 1 heterocycles. The zero-order valence-corrected chi connectivity index (χ0v) is 16.9. The van der Waals surface area contributed by atoms with E-state index < -0.39 is 0 Å². The fourth-order valence-electron chi connectivity index (χ4n) is 4.25. The van der Waals surface area contributed by atoms with Crippen LogP contribution < -0.4 is 0 Å². The highest BCUT2D eigenvalue weighted by molar-refractivity contribution is 5.83. The van der Waals surface area contributed by atoms with E-state index in [9.17, 15) is 5.11 Å². The molecule has 148 valence electrons. The molecular formula is C25H27N3O. The number of aliphatic imine (C=N–C) groups is 1. The average Bonchev–Trinajstić information content (AvgIpc) is 3.03. The molecule has 3 aromatic rings. The fraction of sp³-hybridized carbons (Fsp3) is 0.240. The van der Waals surface area contributed by atoms with Crippen molar-refractivity contribution in [3.8, 4) is 0 Å². The number of aliphatic hydroxyl groups is 1. The molecule has 4 nitrogen and oxygen atoms in total. The summed E-state index contributed by atoms with van der Waals surface area (Å²) < 4.78 is 0. The minimum atomic E-state index is -0.290. The van der Waals surface area contributed by atoms with Gasteiger partial charge in [0.25, 0.3) is 0 Å². The number of aliphatic hydroxyl groups excluding tert-OH is 1. The molecule has 0 aromatic heterocycles. The van der Waals surface area contributed by atoms with Crippen LogP contribution in [0.1, 0.15) is 34.8 Å². The van der Waals surface area contributed by atoms with Crippen LogP contribution in [0, 0.1) is 0 Å². The Morgan fingerprint density at radius 3 is 1.55 bits per heavy atom. The first-order valence-electron chi connectivity index (χ1n) is 10.00. The van der Waals surface area contributed by atoms with Crippen LogP contribution in [0.5, 0.6) is 0 Å². The summed E-state index contributed by atoms with van der Waals surface area (Å²) in [7, 11) is 4.19. The SMILES string of the molecule is CN1C(=N[C@@H](CO)c2ccccc2)N(C)[C@@H](c2ccccc2)[C@@H]1c1ccccc1. The number of hydrogen-bond acceptors (Lipinski definition) is 2. The molecule has 0 aliphatic carbocycles. The fourth-order valence-corrected chi connectivity index (χ4v) is 4.25. The lowest BCUT2D eigenvalue weighted by molar-refractivity contribution is 0.267. The molecule has 4 rings (SSSR count). The lowest BCUT2D eigenvalue weighted by Gasteiger charge is -2.26. The van der Waals surface area contributed by atoms with Crippen molar-refractivity contribution in [3.63, 3.8) is 0 Å². The summed E-state index contributed by atoms with van der Waals surface area (Å²) in [5, 5.41) is 10.0. The van der Waals surface area contributed by atoms with Crippen LogP contribution in [0.2, 0.25) is 0 Å². The van der Waals surface area contributed by atoms with E-state index in [-0.39, 0.29) is 24.7 Å². The summed E-state index contributed by atoms with van der Waals surface area (Å²) in [6.07, 6.45) is 0. The van der Waals surface area contributed by atoms with Crippen molar-refractivity contribution in [2.75, 3.05) is 20.7 Å². The summed E-state index contributed by atoms with van der Waals surface area (Å²) in [5.41, 5.74) is 3.52. The van der Waals surface area contributed by atoms with Gasteiger partial charge in [-0.2, -0.15) is 0 Å². The zero-order chi connectivity index (χ0) is 20.2. The Morgan fingerprint density at radius 1 is 0.724 bits per heavy atom. The van der Waals surface area contributed by atoms with E-state index >= 15 is 0 Å². The maximum Gasteiger partial charge on any atom is 0.197 e. The van der Waals surface area contributed by atoms with Crippen molar-refractivity contribution in [1.29, 1.82) is 0 Å². The largest absolute Gasteiger partial charge is 0.394 e. The average molecular weight is 386 g/mol. The first-order chi connectivity index (χ1) is 14.2. The third-order valence-electron chi connectivity index (χ3n) is 5.68. The van der Waals surface area contributed by atoms with Gasteiger partial charge in [0.1, 0.15) is 6.04 Å². The molecule has 1 N–H and O–H groups in total. The van der Waals surface area contributed by atoms with Crippen LogP contribution in [0.25, 0.3) is 0 Å². The van der Waals surface area contributed by atoms with Crippen molar-refractivity contribution < 1.29 is 5.11 Å². The van der Waals surface area contributed by atoms with Gasteiger partial charge >= 0.3 is 0 Å². The number of rotatable bonds is 5. The second kappa shape index (κ2) is 8.50. The Hall–Kier alpha value is -3.11. The van der Waals surface area contributed by atoms with Crippen LogP contribution >= 0.6 is 0 Å². The number of likely N-dealkylation sites (N-methyl/N-ethyl adjacent to an activating group) is 2. The number of guanidine groups is 1. The Kier molecular flexibility index (Phi) is 5.63. The van der Waals surface area contributed by atoms with E-state index in [0.717, 1.165) is 11.5 Å². The van der Waals surface area contributed by atoms with E-state index in [0.29, 0.717) is 0 Å². The second-order valence-corrected chi connectivity index (χ2v) is 7.47. The predicted molar refractivity (Wildman–Crippen MR) is 118 cm³/mol. The molecule has 0 radical (unpaired) electrons. The van der Waals surface area contributed by atoms with Crippen molar-refractivity contribution in [1.82, 2.24) is 9.80 Å². The smallest absolute Gasteiger partial charge is 0.197 e. The van der Waals surface area contributed by atoms with Gasteiger partial charge < -0.3 is 14.9 Å². The molecule has 1 fully saturated rings. The van der Waals surface area contributed by atoms with Crippen LogP contribution in [0.4, 0.5) is 0 Å². The molecule has 4 heteroatoms. The van der Waals surface area contributed by atoms with Gasteiger partial charge in [-0.1, -0.05) is 91.0 Å². The lowest BCUT2D eigenvalue weighted by Crippen LogP contribution is -2.30. The van der Waals surface area contributed by atoms with Gasteiger partial charge in [-0.15, -0.1) is 0 Å². The Labute approximate surface area is 172 Å². The number of hydrogen-bond donors (Lipinski definition) is 1. The third-order valence-corrected chi connectivity index (χ3v) is 5.68. The highest BCUT2D eigenvalue weighted by atomic mass is 16.3. The maximum atomic E-state index is 10.0. The van der Waals surface area contributed by atoms with Crippen molar-refractivity contribution >= 4 is 5.96 Å². The van der Waals surface area contributed by atoms with Gasteiger partial charge in [0.15, 0.2) is 5.96 Å². The topological polar surface area (TPSA) is 39.1 Å². The maximum absolute atomic E-state index is 10.0. The van der Waals surface area contributed by atoms with E-state index in [1.165, 1.54) is 11.1 Å². The molecule has 0 bridgehead atoms. The van der Waals surface area contributed by atoms with Gasteiger partial charge in [-0.3, -0.25) is 0 Å². The standard InChI is InChI=1S/C25H27N3O/c1-27-23(20-14-8-4-9-15-20)24(21-16-10-5-11-17-21)28(2)25(27)26-22(18-29)19-12-6-3-7-13-19/h3-17,22-24,29H,18H2,1-2H3/t22-,23-,24-/m0/s1. The van der Waals surface area contributed by atoms with Crippen molar-refractivity contribution in [3.05, 3.63) is 108 Å². The molecule has 3 atom stereocenters. The van der Waals surface area contributed by atoms with Gasteiger partial charge in [0.2, 0.25) is 0 Å². The highest BCUT2D eigenvalue weighted by Crippen LogP contribution is 2.43. The van der Waals surface area contributed by atoms with Gasteiger partial charge in [-0.05, 0) is 16.7 Å². The molecule has 3 aromatic carbocycles. The summed E-state index contributed by atoms with van der Waals surface area (Å²) in [6, 6.07) is 31.1. The minimum Gasteiger partial charge on any atom is -0.394 e. The van der Waals surface area contributed by atoms with Crippen LogP contribution in [-0.2, 0) is 0 Å². The molecule has 0 saturated carbocycles.